The molecule has 0 aromatic heterocycles. The average molecular weight is 376 g/mol. The van der Waals surface area contributed by atoms with Crippen molar-refractivity contribution < 1.29 is 24.2 Å². The number of esters is 1. The Morgan fingerprint density at radius 2 is 1.93 bits per heavy atom. The Morgan fingerprint density at radius 1 is 1.22 bits per heavy atom. The molecule has 27 heavy (non-hydrogen) atoms. The molecule has 2 fully saturated rings. The molecule has 1 aromatic rings. The van der Waals surface area contributed by atoms with Crippen LogP contribution in [0, 0.1) is 11.8 Å². The molecule has 0 radical (unpaired) electrons. The summed E-state index contributed by atoms with van der Waals surface area (Å²) >= 11 is 0. The molecule has 3 rings (SSSR count). The van der Waals surface area contributed by atoms with Gasteiger partial charge in [-0.2, -0.15) is 0 Å². The van der Waals surface area contributed by atoms with Crippen molar-refractivity contribution in [3.63, 3.8) is 0 Å². The minimum absolute atomic E-state index is 0.0987. The Kier molecular flexibility index (Phi) is 6.01. The maximum absolute atomic E-state index is 12.0. The van der Waals surface area contributed by atoms with E-state index in [0.717, 1.165) is 19.5 Å². The van der Waals surface area contributed by atoms with Gasteiger partial charge in [-0.25, -0.2) is 4.79 Å². The predicted molar refractivity (Wildman–Crippen MR) is 99.6 cm³/mol. The number of fused-ring (bicyclic) bond motifs is 1. The second-order valence-corrected chi connectivity index (χ2v) is 7.72. The number of aliphatic hydroxyl groups excluding tert-OH is 1. The number of likely N-dealkylation sites (N-methyl/N-ethyl adjacent to an activating group) is 1. The van der Waals surface area contributed by atoms with Crippen LogP contribution in [0.15, 0.2) is 24.3 Å². The number of carbonyl (C=O) groups is 2. The van der Waals surface area contributed by atoms with E-state index >= 15 is 0 Å². The molecule has 1 heterocycles. The third-order valence-electron chi connectivity index (χ3n) is 5.56. The molecule has 148 valence electrons. The average Bonchev–Trinajstić information content (AvgIpc) is 3.02. The molecule has 1 aromatic carbocycles. The van der Waals surface area contributed by atoms with E-state index in [9.17, 15) is 14.7 Å². The summed E-state index contributed by atoms with van der Waals surface area (Å²) in [6, 6.07) is 6.83. The van der Waals surface area contributed by atoms with Crippen molar-refractivity contribution in [3.05, 3.63) is 29.8 Å². The molecule has 1 amide bonds. The van der Waals surface area contributed by atoms with Crippen molar-refractivity contribution in [3.8, 4) is 5.75 Å². The first-order chi connectivity index (χ1) is 12.9. The molecule has 1 N–H and O–H groups in total. The topological polar surface area (TPSA) is 79.3 Å². The molecule has 2 aliphatic rings. The Labute approximate surface area is 159 Å². The number of likely N-dealkylation sites (tertiary alicyclic amines) is 1. The van der Waals surface area contributed by atoms with Gasteiger partial charge in [0.2, 0.25) is 5.91 Å². The zero-order valence-corrected chi connectivity index (χ0v) is 16.1. The minimum Gasteiger partial charge on any atom is -0.488 e. The number of aliphatic hydroxyl groups is 1. The number of rotatable bonds is 5. The van der Waals surface area contributed by atoms with Gasteiger partial charge in [0.25, 0.3) is 0 Å². The summed E-state index contributed by atoms with van der Waals surface area (Å²) in [7, 11) is 4.87. The second-order valence-electron chi connectivity index (χ2n) is 7.72. The highest BCUT2D eigenvalue weighted by atomic mass is 16.5. The van der Waals surface area contributed by atoms with Crippen molar-refractivity contribution >= 4 is 11.9 Å². The Morgan fingerprint density at radius 3 is 2.59 bits per heavy atom. The third kappa shape index (κ3) is 4.59. The summed E-state index contributed by atoms with van der Waals surface area (Å²) in [6.45, 7) is 2.10. The van der Waals surface area contributed by atoms with Gasteiger partial charge >= 0.3 is 5.97 Å². The Hall–Kier alpha value is -2.12. The van der Waals surface area contributed by atoms with Crippen LogP contribution < -0.4 is 4.74 Å². The lowest BCUT2D eigenvalue weighted by atomic mass is 9.78. The molecule has 1 saturated heterocycles. The normalized spacial score (nSPS) is 27.7. The zero-order valence-electron chi connectivity index (χ0n) is 16.1. The van der Waals surface area contributed by atoms with Crippen LogP contribution in [0.1, 0.15) is 23.2 Å². The standard InChI is InChI=1S/C20H28N2O5/c1-21(2)19(24)12-22-10-14-8-17(23)18(9-15(14)11-22)27-16-6-4-5-13(7-16)20(25)26-3/h4-7,14-15,17-18,23H,8-12H2,1-3H3/t14-,15+,17+,18+/m0/s1. The van der Waals surface area contributed by atoms with E-state index in [1.807, 2.05) is 0 Å². The van der Waals surface area contributed by atoms with Crippen molar-refractivity contribution in [2.75, 3.05) is 40.8 Å². The van der Waals surface area contributed by atoms with E-state index in [1.54, 1.807) is 43.3 Å². The van der Waals surface area contributed by atoms with Gasteiger partial charge in [0.05, 0.1) is 25.3 Å². The fourth-order valence-electron chi connectivity index (χ4n) is 4.06. The first-order valence-electron chi connectivity index (χ1n) is 9.33. The molecule has 7 heteroatoms. The molecule has 0 bridgehead atoms. The molecular formula is C20H28N2O5. The molecule has 0 spiro atoms. The Bertz CT molecular complexity index is 693. The van der Waals surface area contributed by atoms with Crippen LogP contribution in [0.2, 0.25) is 0 Å². The highest BCUT2D eigenvalue weighted by Gasteiger charge is 2.43. The van der Waals surface area contributed by atoms with Crippen LogP contribution in [0.25, 0.3) is 0 Å². The number of benzene rings is 1. The van der Waals surface area contributed by atoms with Crippen LogP contribution in [0.4, 0.5) is 0 Å². The minimum atomic E-state index is -0.558. The molecular weight excluding hydrogens is 348 g/mol. The molecule has 0 unspecified atom stereocenters. The van der Waals surface area contributed by atoms with Gasteiger partial charge in [0.15, 0.2) is 0 Å². The van der Waals surface area contributed by atoms with Crippen molar-refractivity contribution in [1.82, 2.24) is 9.80 Å². The van der Waals surface area contributed by atoms with Gasteiger partial charge in [-0.15, -0.1) is 0 Å². The lowest BCUT2D eigenvalue weighted by Gasteiger charge is -2.35. The first kappa shape index (κ1) is 19.6. The monoisotopic (exact) mass is 376 g/mol. The molecule has 1 aliphatic heterocycles. The zero-order chi connectivity index (χ0) is 19.6. The van der Waals surface area contributed by atoms with E-state index in [-0.39, 0.29) is 12.0 Å². The van der Waals surface area contributed by atoms with Gasteiger partial charge in [-0.05, 0) is 42.9 Å². The number of amides is 1. The highest BCUT2D eigenvalue weighted by molar-refractivity contribution is 5.89. The SMILES string of the molecule is COC(=O)c1cccc(O[C@@H]2C[C@@H]3CN(CC(=O)N(C)C)C[C@@H]3C[C@H]2O)c1. The van der Waals surface area contributed by atoms with E-state index in [4.69, 9.17) is 9.47 Å². The van der Waals surface area contributed by atoms with Crippen molar-refractivity contribution in [2.45, 2.75) is 25.0 Å². The summed E-state index contributed by atoms with van der Waals surface area (Å²) < 4.78 is 10.8. The Balaban J connectivity index is 1.61. The van der Waals surface area contributed by atoms with E-state index in [2.05, 4.69) is 4.90 Å². The number of nitrogens with zero attached hydrogens (tertiary/aromatic N) is 2. The maximum Gasteiger partial charge on any atom is 0.337 e. The molecule has 7 nitrogen and oxygen atoms in total. The highest BCUT2D eigenvalue weighted by Crippen LogP contribution is 2.38. The van der Waals surface area contributed by atoms with Crippen LogP contribution in [-0.2, 0) is 9.53 Å². The quantitative estimate of drug-likeness (QED) is 0.773. The van der Waals surface area contributed by atoms with Gasteiger partial charge < -0.3 is 19.5 Å². The van der Waals surface area contributed by atoms with Crippen LogP contribution in [0.5, 0.6) is 5.75 Å². The fraction of sp³-hybridized carbons (Fsp3) is 0.600. The smallest absolute Gasteiger partial charge is 0.337 e. The molecule has 1 aliphatic carbocycles. The largest absolute Gasteiger partial charge is 0.488 e. The van der Waals surface area contributed by atoms with E-state index in [1.165, 1.54) is 7.11 Å². The lowest BCUT2D eigenvalue weighted by Crippen LogP contribution is -2.42. The summed E-state index contributed by atoms with van der Waals surface area (Å²) in [5, 5.41) is 10.5. The molecule has 4 atom stereocenters. The van der Waals surface area contributed by atoms with E-state index in [0.29, 0.717) is 36.1 Å². The summed E-state index contributed by atoms with van der Waals surface area (Å²) in [5.74, 6) is 1.02. The number of hydrogen-bond donors (Lipinski definition) is 1. The summed E-state index contributed by atoms with van der Waals surface area (Å²) in [4.78, 5) is 27.4. The number of hydrogen-bond acceptors (Lipinski definition) is 6. The lowest BCUT2D eigenvalue weighted by molar-refractivity contribution is -0.129. The van der Waals surface area contributed by atoms with Gasteiger partial charge in [0, 0.05) is 27.2 Å². The van der Waals surface area contributed by atoms with Crippen molar-refractivity contribution in [1.29, 1.82) is 0 Å². The fourth-order valence-corrected chi connectivity index (χ4v) is 4.06. The number of ether oxygens (including phenoxy) is 2. The third-order valence-corrected chi connectivity index (χ3v) is 5.56. The molecule has 1 saturated carbocycles. The maximum atomic E-state index is 12.0. The van der Waals surface area contributed by atoms with Gasteiger partial charge in [-0.3, -0.25) is 9.69 Å². The van der Waals surface area contributed by atoms with Gasteiger partial charge in [-0.1, -0.05) is 6.07 Å². The van der Waals surface area contributed by atoms with Crippen LogP contribution in [0.3, 0.4) is 0 Å². The summed E-state index contributed by atoms with van der Waals surface area (Å²) in [5.41, 5.74) is 0.424. The van der Waals surface area contributed by atoms with Crippen molar-refractivity contribution in [2.24, 2.45) is 11.8 Å². The van der Waals surface area contributed by atoms with Gasteiger partial charge in [0.1, 0.15) is 11.9 Å². The van der Waals surface area contributed by atoms with Crippen LogP contribution >= 0.6 is 0 Å². The van der Waals surface area contributed by atoms with E-state index < -0.39 is 12.1 Å². The number of methoxy groups -OCH3 is 1. The second kappa shape index (κ2) is 8.27. The summed E-state index contributed by atoms with van der Waals surface area (Å²) in [6.07, 6.45) is 0.528. The van der Waals surface area contributed by atoms with Crippen LogP contribution in [-0.4, -0.2) is 79.8 Å². The first-order valence-corrected chi connectivity index (χ1v) is 9.33. The predicted octanol–water partition coefficient (Wildman–Crippen LogP) is 1.01. The number of carbonyl (C=O) groups excluding carboxylic acids is 2.